The maximum absolute atomic E-state index is 12.4. The van der Waals surface area contributed by atoms with Gasteiger partial charge in [-0.05, 0) is 19.8 Å². The number of carbonyl (C=O) groups excluding carboxylic acids is 1. The number of hydrogen-bond donors (Lipinski definition) is 2. The second kappa shape index (κ2) is 5.29. The number of aryl methyl sites for hydroxylation is 1. The van der Waals surface area contributed by atoms with Crippen molar-refractivity contribution in [2.75, 3.05) is 18.5 Å². The van der Waals surface area contributed by atoms with Crippen LogP contribution in [0, 0.1) is 12.3 Å². The molecule has 1 amide bonds. The van der Waals surface area contributed by atoms with Crippen molar-refractivity contribution >= 4 is 39.6 Å². The van der Waals surface area contributed by atoms with Gasteiger partial charge < -0.3 is 15.8 Å². The number of amides is 1. The first-order chi connectivity index (χ1) is 8.54. The average molecular weight is 285 g/mol. The fraction of sp³-hybridized carbons (Fsp3) is 0.545. The molecule has 1 aromatic rings. The van der Waals surface area contributed by atoms with Crippen molar-refractivity contribution in [2.24, 2.45) is 11.1 Å². The molecule has 7 heteroatoms. The molecule has 0 saturated carbocycles. The van der Waals surface area contributed by atoms with Crippen LogP contribution >= 0.6 is 23.6 Å². The van der Waals surface area contributed by atoms with E-state index in [1.54, 1.807) is 6.20 Å². The molecule has 0 bridgehead atoms. The van der Waals surface area contributed by atoms with Gasteiger partial charge in [-0.1, -0.05) is 12.2 Å². The average Bonchev–Trinajstić information content (AvgIpc) is 2.75. The van der Waals surface area contributed by atoms with Crippen LogP contribution in [0.4, 0.5) is 5.13 Å². The Hall–Kier alpha value is -1.05. The molecule has 0 unspecified atom stereocenters. The summed E-state index contributed by atoms with van der Waals surface area (Å²) >= 11 is 6.50. The number of thiocarbonyl (C=S) groups is 1. The van der Waals surface area contributed by atoms with E-state index in [2.05, 4.69) is 10.3 Å². The second-order valence-electron chi connectivity index (χ2n) is 4.29. The summed E-state index contributed by atoms with van der Waals surface area (Å²) in [5.41, 5.74) is 4.96. The summed E-state index contributed by atoms with van der Waals surface area (Å²) in [6.07, 6.45) is 2.77. The van der Waals surface area contributed by atoms with Crippen LogP contribution < -0.4 is 11.1 Å². The van der Waals surface area contributed by atoms with Crippen LogP contribution in [-0.4, -0.2) is 29.1 Å². The molecule has 0 spiro atoms. The number of thiazole rings is 1. The van der Waals surface area contributed by atoms with Gasteiger partial charge in [0.2, 0.25) is 5.91 Å². The van der Waals surface area contributed by atoms with Gasteiger partial charge in [0, 0.05) is 24.3 Å². The Bertz CT molecular complexity index is 467. The molecule has 3 N–H and O–H groups in total. The van der Waals surface area contributed by atoms with Crippen molar-refractivity contribution in [1.82, 2.24) is 4.98 Å². The standard InChI is InChI=1S/C11H15N3O2S2/c1-7-6-13-10(18-7)14-9(15)11(8(12)17)2-4-16-5-3-11/h6H,2-5H2,1H3,(H2,12,17)(H,13,14,15). The van der Waals surface area contributed by atoms with E-state index in [9.17, 15) is 4.79 Å². The van der Waals surface area contributed by atoms with Crippen LogP contribution in [0.25, 0.3) is 0 Å². The fourth-order valence-electron chi connectivity index (χ4n) is 1.93. The molecule has 0 atom stereocenters. The number of hydrogen-bond acceptors (Lipinski definition) is 5. The number of nitrogens with two attached hydrogens (primary N) is 1. The quantitative estimate of drug-likeness (QED) is 0.822. The molecule has 98 valence electrons. The summed E-state index contributed by atoms with van der Waals surface area (Å²) in [4.78, 5) is 17.8. The topological polar surface area (TPSA) is 77.2 Å². The molecule has 1 fully saturated rings. The molecule has 2 heterocycles. The van der Waals surface area contributed by atoms with E-state index in [-0.39, 0.29) is 10.9 Å². The van der Waals surface area contributed by atoms with E-state index in [0.717, 1.165) is 4.88 Å². The van der Waals surface area contributed by atoms with Crippen LogP contribution in [0.5, 0.6) is 0 Å². The lowest BCUT2D eigenvalue weighted by molar-refractivity contribution is -0.126. The highest BCUT2D eigenvalue weighted by molar-refractivity contribution is 7.80. The number of aromatic nitrogens is 1. The van der Waals surface area contributed by atoms with Gasteiger partial charge in [-0.3, -0.25) is 4.79 Å². The molecule has 1 saturated heterocycles. The first-order valence-corrected chi connectivity index (χ1v) is 6.88. The smallest absolute Gasteiger partial charge is 0.239 e. The maximum Gasteiger partial charge on any atom is 0.239 e. The second-order valence-corrected chi connectivity index (χ2v) is 5.96. The number of nitrogens with zero attached hydrogens (tertiary/aromatic N) is 1. The molecule has 5 nitrogen and oxygen atoms in total. The fourth-order valence-corrected chi connectivity index (χ4v) is 2.89. The molecule has 1 aromatic heterocycles. The maximum atomic E-state index is 12.4. The van der Waals surface area contributed by atoms with Crippen molar-refractivity contribution in [2.45, 2.75) is 19.8 Å². The van der Waals surface area contributed by atoms with Crippen molar-refractivity contribution in [3.05, 3.63) is 11.1 Å². The zero-order valence-electron chi connectivity index (χ0n) is 10.1. The molecular weight excluding hydrogens is 270 g/mol. The number of ether oxygens (including phenoxy) is 1. The molecular formula is C11H15N3O2S2. The normalized spacial score (nSPS) is 18.3. The minimum absolute atomic E-state index is 0.173. The molecule has 1 aliphatic heterocycles. The summed E-state index contributed by atoms with van der Waals surface area (Å²) in [7, 11) is 0. The van der Waals surface area contributed by atoms with Gasteiger partial charge in [0.25, 0.3) is 0 Å². The van der Waals surface area contributed by atoms with E-state index >= 15 is 0 Å². The Morgan fingerprint density at radius 1 is 1.61 bits per heavy atom. The molecule has 0 aliphatic carbocycles. The van der Waals surface area contributed by atoms with Crippen LogP contribution in [0.3, 0.4) is 0 Å². The van der Waals surface area contributed by atoms with Crippen LogP contribution in [-0.2, 0) is 9.53 Å². The van der Waals surface area contributed by atoms with E-state index in [0.29, 0.717) is 31.2 Å². The van der Waals surface area contributed by atoms with Gasteiger partial charge in [-0.25, -0.2) is 4.98 Å². The van der Waals surface area contributed by atoms with Crippen molar-refractivity contribution in [3.8, 4) is 0 Å². The van der Waals surface area contributed by atoms with Crippen molar-refractivity contribution < 1.29 is 9.53 Å². The molecule has 2 rings (SSSR count). The van der Waals surface area contributed by atoms with Crippen LogP contribution in [0.15, 0.2) is 6.20 Å². The van der Waals surface area contributed by atoms with Gasteiger partial charge in [-0.15, -0.1) is 11.3 Å². The third-order valence-corrected chi connectivity index (χ3v) is 4.31. The highest BCUT2D eigenvalue weighted by Gasteiger charge is 2.43. The predicted molar refractivity (Wildman–Crippen MR) is 74.8 cm³/mol. The Labute approximate surface area is 115 Å². The van der Waals surface area contributed by atoms with E-state index in [1.165, 1.54) is 11.3 Å². The lowest BCUT2D eigenvalue weighted by Gasteiger charge is -2.34. The third kappa shape index (κ3) is 2.52. The van der Waals surface area contributed by atoms with Gasteiger partial charge >= 0.3 is 0 Å². The summed E-state index contributed by atoms with van der Waals surface area (Å²) in [5, 5.41) is 3.38. The van der Waals surface area contributed by atoms with Gasteiger partial charge in [0.15, 0.2) is 5.13 Å². The minimum atomic E-state index is -0.798. The number of carbonyl (C=O) groups is 1. The predicted octanol–water partition coefficient (Wildman–Crippen LogP) is 1.47. The Morgan fingerprint density at radius 3 is 2.78 bits per heavy atom. The third-order valence-electron chi connectivity index (χ3n) is 3.09. The zero-order valence-corrected chi connectivity index (χ0v) is 11.7. The zero-order chi connectivity index (χ0) is 13.2. The SMILES string of the molecule is Cc1cnc(NC(=O)C2(C(N)=S)CCOCC2)s1. The van der Waals surface area contributed by atoms with Crippen LogP contribution in [0.2, 0.25) is 0 Å². The largest absolute Gasteiger partial charge is 0.392 e. The monoisotopic (exact) mass is 285 g/mol. The van der Waals surface area contributed by atoms with Crippen molar-refractivity contribution in [1.29, 1.82) is 0 Å². The number of rotatable bonds is 3. The summed E-state index contributed by atoms with van der Waals surface area (Å²) in [6.45, 7) is 2.94. The molecule has 1 aliphatic rings. The Kier molecular flexibility index (Phi) is 3.94. The van der Waals surface area contributed by atoms with E-state index < -0.39 is 5.41 Å². The van der Waals surface area contributed by atoms with Gasteiger partial charge in [0.1, 0.15) is 5.41 Å². The first-order valence-electron chi connectivity index (χ1n) is 5.66. The first kappa shape index (κ1) is 13.4. The van der Waals surface area contributed by atoms with E-state index in [4.69, 9.17) is 22.7 Å². The van der Waals surface area contributed by atoms with Crippen molar-refractivity contribution in [3.63, 3.8) is 0 Å². The molecule has 0 aromatic carbocycles. The van der Waals surface area contributed by atoms with E-state index in [1.807, 2.05) is 6.92 Å². The number of anilines is 1. The summed E-state index contributed by atoms with van der Waals surface area (Å²) in [6, 6.07) is 0. The van der Waals surface area contributed by atoms with Crippen LogP contribution in [0.1, 0.15) is 17.7 Å². The Balaban J connectivity index is 2.16. The number of nitrogens with one attached hydrogen (secondary N) is 1. The minimum Gasteiger partial charge on any atom is -0.392 e. The highest BCUT2D eigenvalue weighted by Crippen LogP contribution is 2.33. The lowest BCUT2D eigenvalue weighted by atomic mass is 9.79. The van der Waals surface area contributed by atoms with Gasteiger partial charge in [0.05, 0.1) is 4.99 Å². The highest BCUT2D eigenvalue weighted by atomic mass is 32.1. The Morgan fingerprint density at radius 2 is 2.28 bits per heavy atom. The molecule has 0 radical (unpaired) electrons. The molecule has 18 heavy (non-hydrogen) atoms. The summed E-state index contributed by atoms with van der Waals surface area (Å²) in [5.74, 6) is -0.173. The summed E-state index contributed by atoms with van der Waals surface area (Å²) < 4.78 is 5.27. The van der Waals surface area contributed by atoms with Gasteiger partial charge in [-0.2, -0.15) is 0 Å². The lowest BCUT2D eigenvalue weighted by Crippen LogP contribution is -2.49.